The van der Waals surface area contributed by atoms with Crippen molar-refractivity contribution in [2.24, 2.45) is 29.4 Å². The lowest BCUT2D eigenvalue weighted by atomic mass is 9.83. The van der Waals surface area contributed by atoms with Crippen molar-refractivity contribution in [3.8, 4) is 0 Å². The Balaban J connectivity index is 2.27. The zero-order valence-electron chi connectivity index (χ0n) is 11.5. The predicted octanol–water partition coefficient (Wildman–Crippen LogP) is 2.16. The Morgan fingerprint density at radius 1 is 1.29 bits per heavy atom. The number of carbonyl (C=O) groups is 1. The first-order valence-corrected chi connectivity index (χ1v) is 7.02. The van der Waals surface area contributed by atoms with Gasteiger partial charge in [-0.15, -0.1) is 0 Å². The Morgan fingerprint density at radius 3 is 2.35 bits per heavy atom. The standard InChI is InChI=1S/C14H28N2O/c1-10(2)13(8-15)14(17)16-9-12-6-4-11(3)5-7-12/h10-13H,4-9,15H2,1-3H3,(H,16,17). The van der Waals surface area contributed by atoms with E-state index in [2.05, 4.69) is 26.1 Å². The van der Waals surface area contributed by atoms with Gasteiger partial charge in [-0.3, -0.25) is 4.79 Å². The summed E-state index contributed by atoms with van der Waals surface area (Å²) in [6.07, 6.45) is 5.14. The molecule has 1 unspecified atom stereocenters. The van der Waals surface area contributed by atoms with Crippen molar-refractivity contribution < 1.29 is 4.79 Å². The highest BCUT2D eigenvalue weighted by Gasteiger charge is 2.23. The molecule has 1 saturated carbocycles. The molecule has 100 valence electrons. The molecular formula is C14H28N2O. The molecule has 0 bridgehead atoms. The second-order valence-electron chi connectivity index (χ2n) is 5.96. The predicted molar refractivity (Wildman–Crippen MR) is 71.5 cm³/mol. The summed E-state index contributed by atoms with van der Waals surface area (Å²) in [6.45, 7) is 7.72. The van der Waals surface area contributed by atoms with Gasteiger partial charge in [0.05, 0.1) is 5.92 Å². The largest absolute Gasteiger partial charge is 0.356 e. The fraction of sp³-hybridized carbons (Fsp3) is 0.929. The molecule has 1 aliphatic carbocycles. The van der Waals surface area contributed by atoms with Crippen LogP contribution in [0.3, 0.4) is 0 Å². The van der Waals surface area contributed by atoms with E-state index in [-0.39, 0.29) is 11.8 Å². The molecule has 0 aromatic heterocycles. The first-order valence-electron chi connectivity index (χ1n) is 7.02. The van der Waals surface area contributed by atoms with Gasteiger partial charge < -0.3 is 11.1 Å². The van der Waals surface area contributed by atoms with E-state index in [0.717, 1.165) is 12.5 Å². The minimum atomic E-state index is -0.0301. The first-order chi connectivity index (χ1) is 8.04. The molecule has 0 aliphatic heterocycles. The lowest BCUT2D eigenvalue weighted by Crippen LogP contribution is -2.40. The highest BCUT2D eigenvalue weighted by molar-refractivity contribution is 5.79. The summed E-state index contributed by atoms with van der Waals surface area (Å²) < 4.78 is 0. The van der Waals surface area contributed by atoms with E-state index in [4.69, 9.17) is 5.73 Å². The number of nitrogens with two attached hydrogens (primary N) is 1. The van der Waals surface area contributed by atoms with Crippen LogP contribution in [0.1, 0.15) is 46.5 Å². The minimum absolute atomic E-state index is 0.0301. The molecule has 0 heterocycles. The van der Waals surface area contributed by atoms with Crippen LogP contribution in [-0.2, 0) is 4.79 Å². The van der Waals surface area contributed by atoms with Gasteiger partial charge in [0.2, 0.25) is 5.91 Å². The number of hydrogen-bond donors (Lipinski definition) is 2. The third kappa shape index (κ3) is 4.66. The van der Waals surface area contributed by atoms with Gasteiger partial charge in [-0.25, -0.2) is 0 Å². The molecule has 3 nitrogen and oxygen atoms in total. The topological polar surface area (TPSA) is 55.1 Å². The summed E-state index contributed by atoms with van der Waals surface area (Å²) in [7, 11) is 0. The van der Waals surface area contributed by atoms with Gasteiger partial charge in [0.25, 0.3) is 0 Å². The summed E-state index contributed by atoms with van der Waals surface area (Å²) in [5, 5.41) is 3.08. The Kier molecular flexibility index (Phi) is 5.96. The molecule has 0 aromatic carbocycles. The van der Waals surface area contributed by atoms with Crippen LogP contribution >= 0.6 is 0 Å². The lowest BCUT2D eigenvalue weighted by molar-refractivity contribution is -0.126. The molecule has 0 radical (unpaired) electrons. The molecule has 17 heavy (non-hydrogen) atoms. The SMILES string of the molecule is CC1CCC(CNC(=O)C(CN)C(C)C)CC1. The fourth-order valence-electron chi connectivity index (χ4n) is 2.59. The van der Waals surface area contributed by atoms with Gasteiger partial charge in [0.1, 0.15) is 0 Å². The van der Waals surface area contributed by atoms with Crippen molar-refractivity contribution >= 4 is 5.91 Å². The molecular weight excluding hydrogens is 212 g/mol. The van der Waals surface area contributed by atoms with Crippen molar-refractivity contribution in [2.75, 3.05) is 13.1 Å². The Hall–Kier alpha value is -0.570. The molecule has 3 heteroatoms. The Bertz CT molecular complexity index is 232. The Morgan fingerprint density at radius 2 is 1.88 bits per heavy atom. The summed E-state index contributed by atoms with van der Waals surface area (Å²) >= 11 is 0. The number of rotatable bonds is 5. The van der Waals surface area contributed by atoms with Gasteiger partial charge in [-0.2, -0.15) is 0 Å². The van der Waals surface area contributed by atoms with Crippen molar-refractivity contribution in [1.29, 1.82) is 0 Å². The highest BCUT2D eigenvalue weighted by atomic mass is 16.1. The number of nitrogens with one attached hydrogen (secondary N) is 1. The summed E-state index contributed by atoms with van der Waals surface area (Å²) in [4.78, 5) is 11.9. The van der Waals surface area contributed by atoms with Crippen LogP contribution in [0, 0.1) is 23.7 Å². The third-order valence-electron chi connectivity index (χ3n) is 4.10. The van der Waals surface area contributed by atoms with E-state index in [1.165, 1.54) is 25.7 Å². The van der Waals surface area contributed by atoms with Crippen molar-refractivity contribution in [3.05, 3.63) is 0 Å². The maximum Gasteiger partial charge on any atom is 0.224 e. The quantitative estimate of drug-likeness (QED) is 0.773. The van der Waals surface area contributed by atoms with E-state index in [9.17, 15) is 4.79 Å². The maximum absolute atomic E-state index is 11.9. The van der Waals surface area contributed by atoms with E-state index < -0.39 is 0 Å². The zero-order chi connectivity index (χ0) is 12.8. The maximum atomic E-state index is 11.9. The van der Waals surface area contributed by atoms with Crippen LogP contribution in [0.15, 0.2) is 0 Å². The average molecular weight is 240 g/mol. The van der Waals surface area contributed by atoms with E-state index in [0.29, 0.717) is 18.4 Å². The van der Waals surface area contributed by atoms with Crippen LogP contribution in [0.2, 0.25) is 0 Å². The van der Waals surface area contributed by atoms with Crippen molar-refractivity contribution in [3.63, 3.8) is 0 Å². The van der Waals surface area contributed by atoms with Crippen LogP contribution in [0.5, 0.6) is 0 Å². The van der Waals surface area contributed by atoms with Gasteiger partial charge in [-0.1, -0.05) is 33.6 Å². The molecule has 0 spiro atoms. The van der Waals surface area contributed by atoms with E-state index >= 15 is 0 Å². The monoisotopic (exact) mass is 240 g/mol. The molecule has 1 fully saturated rings. The average Bonchev–Trinajstić information content (AvgIpc) is 2.28. The number of hydrogen-bond acceptors (Lipinski definition) is 2. The fourth-order valence-corrected chi connectivity index (χ4v) is 2.59. The molecule has 1 atom stereocenters. The van der Waals surface area contributed by atoms with Crippen LogP contribution < -0.4 is 11.1 Å². The Labute approximate surface area is 106 Å². The summed E-state index contributed by atoms with van der Waals surface area (Å²) in [5.41, 5.74) is 5.64. The minimum Gasteiger partial charge on any atom is -0.356 e. The smallest absolute Gasteiger partial charge is 0.224 e. The normalized spacial score (nSPS) is 26.9. The summed E-state index contributed by atoms with van der Waals surface area (Å²) in [6, 6.07) is 0. The van der Waals surface area contributed by atoms with Gasteiger partial charge >= 0.3 is 0 Å². The highest BCUT2D eigenvalue weighted by Crippen LogP contribution is 2.27. The van der Waals surface area contributed by atoms with Crippen molar-refractivity contribution in [1.82, 2.24) is 5.32 Å². The summed E-state index contributed by atoms with van der Waals surface area (Å²) in [5.74, 6) is 1.99. The van der Waals surface area contributed by atoms with Crippen LogP contribution in [0.25, 0.3) is 0 Å². The van der Waals surface area contributed by atoms with Crippen LogP contribution in [-0.4, -0.2) is 19.0 Å². The number of carbonyl (C=O) groups excluding carboxylic acids is 1. The van der Waals surface area contributed by atoms with E-state index in [1.807, 2.05) is 0 Å². The molecule has 0 aromatic rings. The number of amides is 1. The zero-order valence-corrected chi connectivity index (χ0v) is 11.5. The molecule has 0 saturated heterocycles. The van der Waals surface area contributed by atoms with Gasteiger partial charge in [-0.05, 0) is 30.6 Å². The van der Waals surface area contributed by atoms with Gasteiger partial charge in [0, 0.05) is 13.1 Å². The van der Waals surface area contributed by atoms with Gasteiger partial charge in [0.15, 0.2) is 0 Å². The third-order valence-corrected chi connectivity index (χ3v) is 4.10. The van der Waals surface area contributed by atoms with E-state index in [1.54, 1.807) is 0 Å². The molecule has 1 rings (SSSR count). The molecule has 1 aliphatic rings. The lowest BCUT2D eigenvalue weighted by Gasteiger charge is -2.27. The molecule has 3 N–H and O–H groups in total. The second kappa shape index (κ2) is 7.00. The van der Waals surface area contributed by atoms with Crippen LogP contribution in [0.4, 0.5) is 0 Å². The molecule has 1 amide bonds. The van der Waals surface area contributed by atoms with Crippen molar-refractivity contribution in [2.45, 2.75) is 46.5 Å². The first kappa shape index (κ1) is 14.5. The second-order valence-corrected chi connectivity index (χ2v) is 5.96.